The van der Waals surface area contributed by atoms with Crippen molar-refractivity contribution in [1.29, 1.82) is 0 Å². The molecule has 4 unspecified atom stereocenters. The highest BCUT2D eigenvalue weighted by Gasteiger charge is 2.43. The summed E-state index contributed by atoms with van der Waals surface area (Å²) in [7, 11) is 1.65. The van der Waals surface area contributed by atoms with Gasteiger partial charge >= 0.3 is 5.97 Å². The van der Waals surface area contributed by atoms with Gasteiger partial charge in [0.15, 0.2) is 0 Å². The molecule has 3 aliphatic carbocycles. The number of hydrogen-bond donors (Lipinski definition) is 0. The van der Waals surface area contributed by atoms with E-state index in [1.165, 1.54) is 77.0 Å². The van der Waals surface area contributed by atoms with Crippen molar-refractivity contribution in [3.63, 3.8) is 0 Å². The van der Waals surface area contributed by atoms with Crippen LogP contribution in [0.15, 0.2) is 24.3 Å². The molecule has 31 heavy (non-hydrogen) atoms. The van der Waals surface area contributed by atoms with E-state index in [0.29, 0.717) is 11.7 Å². The predicted molar refractivity (Wildman–Crippen MR) is 125 cm³/mol. The van der Waals surface area contributed by atoms with Crippen LogP contribution < -0.4 is 9.47 Å². The first-order valence-electron chi connectivity index (χ1n) is 13.0. The summed E-state index contributed by atoms with van der Waals surface area (Å²) in [6.45, 7) is 2.31. The predicted octanol–water partition coefficient (Wildman–Crippen LogP) is 7.43. The molecule has 4 rings (SSSR count). The van der Waals surface area contributed by atoms with Crippen molar-refractivity contribution in [3.8, 4) is 11.5 Å². The van der Waals surface area contributed by atoms with Crippen LogP contribution in [0, 0.1) is 35.5 Å². The van der Waals surface area contributed by atoms with Crippen molar-refractivity contribution in [2.45, 2.75) is 90.4 Å². The molecule has 3 heteroatoms. The quantitative estimate of drug-likeness (QED) is 0.336. The monoisotopic (exact) mass is 426 g/mol. The third kappa shape index (κ3) is 5.65. The van der Waals surface area contributed by atoms with E-state index < -0.39 is 0 Å². The highest BCUT2D eigenvalue weighted by molar-refractivity contribution is 5.75. The molecule has 0 N–H and O–H groups in total. The summed E-state index contributed by atoms with van der Waals surface area (Å²) in [6.07, 6.45) is 17.5. The number of rotatable bonds is 7. The van der Waals surface area contributed by atoms with Crippen LogP contribution >= 0.6 is 0 Å². The summed E-state index contributed by atoms with van der Waals surface area (Å²) in [5.41, 5.74) is 0. The average Bonchev–Trinajstić information content (AvgIpc) is 2.82. The van der Waals surface area contributed by atoms with E-state index in [4.69, 9.17) is 9.47 Å². The molecule has 0 spiro atoms. The van der Waals surface area contributed by atoms with Crippen molar-refractivity contribution in [3.05, 3.63) is 24.3 Å². The standard InChI is InChI=1S/C28H42O3/c1-3-4-6-20-9-11-21(12-10-20)22-13-18-26-23(19-22)7-5-8-27(26)28(29)31-25-16-14-24(30-2)15-17-25/h14-17,20-23,26-27H,3-13,18-19H2,1-2H3. The second-order valence-corrected chi connectivity index (χ2v) is 10.6. The third-order valence-corrected chi connectivity index (χ3v) is 8.79. The molecule has 3 nitrogen and oxygen atoms in total. The number of carbonyl (C=O) groups is 1. The van der Waals surface area contributed by atoms with Gasteiger partial charge in [0.25, 0.3) is 0 Å². The van der Waals surface area contributed by atoms with Crippen LogP contribution in [0.2, 0.25) is 0 Å². The lowest BCUT2D eigenvalue weighted by Gasteiger charge is -2.46. The summed E-state index contributed by atoms with van der Waals surface area (Å²) in [4.78, 5) is 13.0. The molecule has 3 fully saturated rings. The summed E-state index contributed by atoms with van der Waals surface area (Å²) in [6, 6.07) is 7.39. The van der Waals surface area contributed by atoms with E-state index in [2.05, 4.69) is 6.92 Å². The Kier molecular flexibility index (Phi) is 7.96. The Morgan fingerprint density at radius 2 is 1.58 bits per heavy atom. The van der Waals surface area contributed by atoms with Crippen LogP contribution in [0.5, 0.6) is 11.5 Å². The zero-order valence-corrected chi connectivity index (χ0v) is 19.7. The number of methoxy groups -OCH3 is 1. The number of ether oxygens (including phenoxy) is 2. The van der Waals surface area contributed by atoms with Gasteiger partial charge in [-0.1, -0.05) is 51.9 Å². The number of fused-ring (bicyclic) bond motifs is 1. The summed E-state index contributed by atoms with van der Waals surface area (Å²) >= 11 is 0. The van der Waals surface area contributed by atoms with Gasteiger partial charge in [-0.15, -0.1) is 0 Å². The molecule has 0 radical (unpaired) electrons. The molecule has 0 bridgehead atoms. The van der Waals surface area contributed by atoms with Crippen LogP contribution in [0.1, 0.15) is 90.4 Å². The number of hydrogen-bond acceptors (Lipinski definition) is 3. The maximum Gasteiger partial charge on any atom is 0.314 e. The van der Waals surface area contributed by atoms with E-state index in [-0.39, 0.29) is 11.9 Å². The second-order valence-electron chi connectivity index (χ2n) is 10.6. The van der Waals surface area contributed by atoms with Gasteiger partial charge in [0.1, 0.15) is 11.5 Å². The second kappa shape index (κ2) is 10.9. The molecule has 0 amide bonds. The Morgan fingerprint density at radius 3 is 2.29 bits per heavy atom. The number of carbonyl (C=O) groups excluding carboxylic acids is 1. The molecule has 0 heterocycles. The normalized spacial score (nSPS) is 33.4. The first-order chi connectivity index (χ1) is 15.2. The fourth-order valence-corrected chi connectivity index (χ4v) is 7.00. The largest absolute Gasteiger partial charge is 0.497 e. The van der Waals surface area contributed by atoms with Gasteiger partial charge in [-0.25, -0.2) is 0 Å². The van der Waals surface area contributed by atoms with Gasteiger partial charge in [-0.2, -0.15) is 0 Å². The Bertz CT molecular complexity index is 689. The molecule has 172 valence electrons. The topological polar surface area (TPSA) is 35.5 Å². The van der Waals surface area contributed by atoms with Crippen molar-refractivity contribution in [1.82, 2.24) is 0 Å². The zero-order chi connectivity index (χ0) is 21.6. The highest BCUT2D eigenvalue weighted by atomic mass is 16.5. The lowest BCUT2D eigenvalue weighted by atomic mass is 9.59. The minimum atomic E-state index is -0.00486. The first kappa shape index (κ1) is 22.7. The van der Waals surface area contributed by atoms with Crippen LogP contribution in [-0.4, -0.2) is 13.1 Å². The van der Waals surface area contributed by atoms with Gasteiger partial charge < -0.3 is 9.47 Å². The van der Waals surface area contributed by atoms with Crippen molar-refractivity contribution < 1.29 is 14.3 Å². The van der Waals surface area contributed by atoms with E-state index in [1.54, 1.807) is 7.11 Å². The average molecular weight is 427 g/mol. The van der Waals surface area contributed by atoms with Crippen molar-refractivity contribution in [2.75, 3.05) is 7.11 Å². The van der Waals surface area contributed by atoms with Crippen LogP contribution in [0.3, 0.4) is 0 Å². The zero-order valence-electron chi connectivity index (χ0n) is 19.7. The molecule has 3 saturated carbocycles. The van der Waals surface area contributed by atoms with Gasteiger partial charge in [0.2, 0.25) is 0 Å². The number of esters is 1. The molecule has 0 aromatic heterocycles. The van der Waals surface area contributed by atoms with E-state index >= 15 is 0 Å². The summed E-state index contributed by atoms with van der Waals surface area (Å²) in [5.74, 6) is 5.64. The van der Waals surface area contributed by atoms with Gasteiger partial charge in [0, 0.05) is 0 Å². The van der Waals surface area contributed by atoms with Crippen LogP contribution in [0.4, 0.5) is 0 Å². The molecular formula is C28H42O3. The molecule has 3 aliphatic rings. The van der Waals surface area contributed by atoms with E-state index in [9.17, 15) is 4.79 Å². The van der Waals surface area contributed by atoms with E-state index in [0.717, 1.165) is 35.8 Å². The Morgan fingerprint density at radius 1 is 0.871 bits per heavy atom. The fourth-order valence-electron chi connectivity index (χ4n) is 7.00. The maximum atomic E-state index is 13.0. The number of unbranched alkanes of at least 4 members (excludes halogenated alkanes) is 1. The number of benzene rings is 1. The molecule has 0 saturated heterocycles. The van der Waals surface area contributed by atoms with Crippen LogP contribution in [0.25, 0.3) is 0 Å². The Hall–Kier alpha value is -1.51. The SMILES string of the molecule is CCCCC1CCC(C2CCC3C(CCCC3C(=O)Oc3ccc(OC)cc3)C2)CC1. The summed E-state index contributed by atoms with van der Waals surface area (Å²) in [5, 5.41) is 0. The summed E-state index contributed by atoms with van der Waals surface area (Å²) < 4.78 is 11.0. The van der Waals surface area contributed by atoms with E-state index in [1.807, 2.05) is 24.3 Å². The Balaban J connectivity index is 1.29. The van der Waals surface area contributed by atoms with Gasteiger partial charge in [-0.3, -0.25) is 4.79 Å². The first-order valence-corrected chi connectivity index (χ1v) is 13.0. The minimum absolute atomic E-state index is 0.00486. The lowest BCUT2D eigenvalue weighted by Crippen LogP contribution is -2.40. The minimum Gasteiger partial charge on any atom is -0.497 e. The molecular weight excluding hydrogens is 384 g/mol. The smallest absolute Gasteiger partial charge is 0.314 e. The lowest BCUT2D eigenvalue weighted by molar-refractivity contribution is -0.144. The molecule has 1 aromatic rings. The van der Waals surface area contributed by atoms with Crippen molar-refractivity contribution >= 4 is 5.97 Å². The Labute approximate surface area is 189 Å². The van der Waals surface area contributed by atoms with Crippen LogP contribution in [-0.2, 0) is 4.79 Å². The van der Waals surface area contributed by atoms with Gasteiger partial charge in [0.05, 0.1) is 13.0 Å². The molecule has 0 aliphatic heterocycles. The van der Waals surface area contributed by atoms with Crippen molar-refractivity contribution in [2.24, 2.45) is 35.5 Å². The third-order valence-electron chi connectivity index (χ3n) is 8.79. The molecule has 1 aromatic carbocycles. The molecule has 4 atom stereocenters. The highest BCUT2D eigenvalue weighted by Crippen LogP contribution is 2.50. The van der Waals surface area contributed by atoms with Gasteiger partial charge in [-0.05, 0) is 92.4 Å². The fraction of sp³-hybridized carbons (Fsp3) is 0.750. The maximum absolute atomic E-state index is 13.0.